The lowest BCUT2D eigenvalue weighted by Crippen LogP contribution is -2.38. The average molecular weight is 351 g/mol. The van der Waals surface area contributed by atoms with Crippen molar-refractivity contribution >= 4 is 12.0 Å². The molecular formula is C21H21NO4. The third kappa shape index (κ3) is 2.90. The van der Waals surface area contributed by atoms with E-state index in [0.717, 1.165) is 29.0 Å². The fourth-order valence-corrected chi connectivity index (χ4v) is 3.50. The number of hydrogen-bond acceptors (Lipinski definition) is 4. The number of benzene rings is 2. The number of fused-ring (bicyclic) bond motifs is 2. The number of hydrogen-bond donors (Lipinski definition) is 0. The maximum Gasteiger partial charge on any atom is 0.253 e. The van der Waals surface area contributed by atoms with E-state index in [1.165, 1.54) is 5.56 Å². The van der Waals surface area contributed by atoms with Gasteiger partial charge in [0.25, 0.3) is 5.91 Å². The van der Waals surface area contributed by atoms with Crippen molar-refractivity contribution in [3.8, 4) is 17.2 Å². The molecule has 2 aromatic carbocycles. The molecule has 0 radical (unpaired) electrons. The molecule has 26 heavy (non-hydrogen) atoms. The van der Waals surface area contributed by atoms with Gasteiger partial charge < -0.3 is 19.1 Å². The van der Waals surface area contributed by atoms with Crippen LogP contribution < -0.4 is 14.2 Å². The zero-order valence-electron chi connectivity index (χ0n) is 15.0. The summed E-state index contributed by atoms with van der Waals surface area (Å²) in [6.45, 7) is 1.55. The average Bonchev–Trinajstić information content (AvgIpc) is 2.71. The second-order valence-corrected chi connectivity index (χ2v) is 6.45. The quantitative estimate of drug-likeness (QED) is 0.853. The Morgan fingerprint density at radius 1 is 1.08 bits per heavy atom. The minimum absolute atomic E-state index is 0.0277. The standard InChI is InChI=1S/C21H21NO4/c1-24-19-10-14-7-8-22(12-16(14)11-20(19)25-2)21(23)17-9-15-5-3-4-6-18(15)26-13-17/h3-6,9-11H,7-8,12-13H2,1-2H3. The molecule has 4 rings (SSSR count). The van der Waals surface area contributed by atoms with Gasteiger partial charge in [-0.05, 0) is 41.8 Å². The number of nitrogens with zero attached hydrogens (tertiary/aromatic N) is 1. The van der Waals surface area contributed by atoms with Gasteiger partial charge in [-0.3, -0.25) is 4.79 Å². The third-order valence-corrected chi connectivity index (χ3v) is 4.91. The molecule has 0 saturated carbocycles. The Morgan fingerprint density at radius 3 is 2.58 bits per heavy atom. The van der Waals surface area contributed by atoms with Gasteiger partial charge in [0.15, 0.2) is 11.5 Å². The molecule has 2 aliphatic rings. The fourth-order valence-electron chi connectivity index (χ4n) is 3.50. The molecule has 2 aliphatic heterocycles. The monoisotopic (exact) mass is 351 g/mol. The molecule has 0 atom stereocenters. The minimum atomic E-state index is 0.0277. The molecule has 5 heteroatoms. The van der Waals surface area contributed by atoms with Crippen LogP contribution in [0, 0.1) is 0 Å². The zero-order chi connectivity index (χ0) is 18.1. The van der Waals surface area contributed by atoms with E-state index in [1.807, 2.05) is 47.4 Å². The highest BCUT2D eigenvalue weighted by molar-refractivity contribution is 5.99. The van der Waals surface area contributed by atoms with Gasteiger partial charge >= 0.3 is 0 Å². The van der Waals surface area contributed by atoms with E-state index in [-0.39, 0.29) is 5.91 Å². The number of para-hydroxylation sites is 1. The van der Waals surface area contributed by atoms with Crippen LogP contribution in [0.4, 0.5) is 0 Å². The Hall–Kier alpha value is -2.95. The van der Waals surface area contributed by atoms with Crippen LogP contribution >= 0.6 is 0 Å². The van der Waals surface area contributed by atoms with E-state index < -0.39 is 0 Å². The topological polar surface area (TPSA) is 48.0 Å². The Balaban J connectivity index is 1.57. The summed E-state index contributed by atoms with van der Waals surface area (Å²) in [5.74, 6) is 2.27. The van der Waals surface area contributed by atoms with Gasteiger partial charge in [-0.2, -0.15) is 0 Å². The molecule has 0 N–H and O–H groups in total. The van der Waals surface area contributed by atoms with Gasteiger partial charge in [-0.15, -0.1) is 0 Å². The van der Waals surface area contributed by atoms with Crippen molar-refractivity contribution < 1.29 is 19.0 Å². The van der Waals surface area contributed by atoms with Crippen LogP contribution in [0.3, 0.4) is 0 Å². The van der Waals surface area contributed by atoms with Gasteiger partial charge in [-0.25, -0.2) is 0 Å². The molecule has 0 saturated heterocycles. The predicted octanol–water partition coefficient (Wildman–Crippen LogP) is 3.06. The van der Waals surface area contributed by atoms with Crippen molar-refractivity contribution in [2.45, 2.75) is 13.0 Å². The summed E-state index contributed by atoms with van der Waals surface area (Å²) >= 11 is 0. The van der Waals surface area contributed by atoms with Crippen molar-refractivity contribution in [1.29, 1.82) is 0 Å². The molecule has 0 fully saturated rings. The highest BCUT2D eigenvalue weighted by Gasteiger charge is 2.26. The van der Waals surface area contributed by atoms with Crippen molar-refractivity contribution in [3.63, 3.8) is 0 Å². The number of rotatable bonds is 3. The normalized spacial score (nSPS) is 15.3. The summed E-state index contributed by atoms with van der Waals surface area (Å²) in [4.78, 5) is 14.8. The van der Waals surface area contributed by atoms with E-state index in [0.29, 0.717) is 31.0 Å². The van der Waals surface area contributed by atoms with Gasteiger partial charge in [-0.1, -0.05) is 18.2 Å². The van der Waals surface area contributed by atoms with Crippen LogP contribution in [0.25, 0.3) is 6.08 Å². The maximum atomic E-state index is 13.0. The molecule has 0 aromatic heterocycles. The van der Waals surface area contributed by atoms with Crippen molar-refractivity contribution in [1.82, 2.24) is 4.90 Å². The first kappa shape index (κ1) is 16.5. The molecule has 2 heterocycles. The largest absolute Gasteiger partial charge is 0.493 e. The predicted molar refractivity (Wildman–Crippen MR) is 98.6 cm³/mol. The summed E-state index contributed by atoms with van der Waals surface area (Å²) in [5, 5.41) is 0. The summed E-state index contributed by atoms with van der Waals surface area (Å²) in [6.07, 6.45) is 2.73. The third-order valence-electron chi connectivity index (χ3n) is 4.91. The van der Waals surface area contributed by atoms with E-state index in [4.69, 9.17) is 14.2 Å². The number of amides is 1. The molecule has 5 nitrogen and oxygen atoms in total. The fraction of sp³-hybridized carbons (Fsp3) is 0.286. The van der Waals surface area contributed by atoms with E-state index in [9.17, 15) is 4.79 Å². The highest BCUT2D eigenvalue weighted by atomic mass is 16.5. The first-order valence-electron chi connectivity index (χ1n) is 8.65. The Morgan fingerprint density at radius 2 is 1.81 bits per heavy atom. The number of carbonyl (C=O) groups excluding carboxylic acids is 1. The maximum absolute atomic E-state index is 13.0. The zero-order valence-corrected chi connectivity index (χ0v) is 15.0. The molecule has 0 aliphatic carbocycles. The molecule has 0 spiro atoms. The van der Waals surface area contributed by atoms with Crippen molar-refractivity contribution in [2.75, 3.05) is 27.4 Å². The number of carbonyl (C=O) groups is 1. The first-order valence-corrected chi connectivity index (χ1v) is 8.65. The lowest BCUT2D eigenvalue weighted by atomic mass is 9.97. The Kier molecular flexibility index (Phi) is 4.29. The lowest BCUT2D eigenvalue weighted by molar-refractivity contribution is -0.128. The van der Waals surface area contributed by atoms with Crippen molar-refractivity contribution in [2.24, 2.45) is 0 Å². The Bertz CT molecular complexity index is 888. The molecule has 0 bridgehead atoms. The number of ether oxygens (including phenoxy) is 3. The van der Waals surface area contributed by atoms with Gasteiger partial charge in [0.05, 0.1) is 19.8 Å². The molecule has 0 unspecified atom stereocenters. The SMILES string of the molecule is COc1cc2c(cc1OC)CN(C(=O)C1=Cc3ccccc3OC1)CC2. The molecule has 1 amide bonds. The van der Waals surface area contributed by atoms with Gasteiger partial charge in [0.2, 0.25) is 0 Å². The van der Waals surface area contributed by atoms with Gasteiger partial charge in [0, 0.05) is 18.7 Å². The summed E-state index contributed by atoms with van der Waals surface area (Å²) in [5.41, 5.74) is 3.93. The van der Waals surface area contributed by atoms with Crippen molar-refractivity contribution in [3.05, 3.63) is 58.7 Å². The Labute approximate surface area is 152 Å². The van der Waals surface area contributed by atoms with E-state index in [2.05, 4.69) is 0 Å². The summed E-state index contributed by atoms with van der Waals surface area (Å²) in [6, 6.07) is 11.7. The summed E-state index contributed by atoms with van der Waals surface area (Å²) < 4.78 is 16.5. The minimum Gasteiger partial charge on any atom is -0.493 e. The van der Waals surface area contributed by atoms with Crippen LogP contribution in [0.1, 0.15) is 16.7 Å². The first-order chi connectivity index (χ1) is 12.7. The molecule has 134 valence electrons. The highest BCUT2D eigenvalue weighted by Crippen LogP contribution is 2.34. The lowest BCUT2D eigenvalue weighted by Gasteiger charge is -2.31. The van der Waals surface area contributed by atoms with Crippen LogP contribution in [-0.4, -0.2) is 38.2 Å². The molecular weight excluding hydrogens is 330 g/mol. The second-order valence-electron chi connectivity index (χ2n) is 6.45. The van der Waals surface area contributed by atoms with E-state index in [1.54, 1.807) is 14.2 Å². The van der Waals surface area contributed by atoms with Gasteiger partial charge in [0.1, 0.15) is 12.4 Å². The van der Waals surface area contributed by atoms with E-state index >= 15 is 0 Å². The van der Waals surface area contributed by atoms with Crippen LogP contribution in [0.15, 0.2) is 42.0 Å². The second kappa shape index (κ2) is 6.75. The van der Waals surface area contributed by atoms with Crippen LogP contribution in [0.2, 0.25) is 0 Å². The van der Waals surface area contributed by atoms with Crippen LogP contribution in [0.5, 0.6) is 17.2 Å². The number of methoxy groups -OCH3 is 2. The molecule has 2 aromatic rings. The smallest absolute Gasteiger partial charge is 0.253 e. The summed E-state index contributed by atoms with van der Waals surface area (Å²) in [7, 11) is 3.26. The van der Waals surface area contributed by atoms with Crippen LogP contribution in [-0.2, 0) is 17.8 Å².